The minimum Gasteiger partial charge on any atom is -0.369 e. The largest absolute Gasteiger partial charge is 0.441 e. The van der Waals surface area contributed by atoms with E-state index in [0.29, 0.717) is 17.6 Å². The summed E-state index contributed by atoms with van der Waals surface area (Å²) in [6.45, 7) is 0.116. The van der Waals surface area contributed by atoms with E-state index in [0.717, 1.165) is 12.8 Å². The van der Waals surface area contributed by atoms with E-state index >= 15 is 0 Å². The lowest BCUT2D eigenvalue weighted by atomic mass is 10.4. The Morgan fingerprint density at radius 2 is 2.22 bits per heavy atom. The zero-order valence-electron chi connectivity index (χ0n) is 9.38. The van der Waals surface area contributed by atoms with E-state index < -0.39 is 5.51 Å². The van der Waals surface area contributed by atoms with E-state index in [1.54, 1.807) is 0 Å². The van der Waals surface area contributed by atoms with Gasteiger partial charge in [0, 0.05) is 24.3 Å². The predicted molar refractivity (Wildman–Crippen MR) is 63.8 cm³/mol. The minimum absolute atomic E-state index is 0.0964. The van der Waals surface area contributed by atoms with Gasteiger partial charge in [0.2, 0.25) is 0 Å². The normalized spacial score (nSPS) is 15.7. The van der Waals surface area contributed by atoms with Gasteiger partial charge in [0.15, 0.2) is 0 Å². The predicted octanol–water partition coefficient (Wildman–Crippen LogP) is 2.31. The average molecular weight is 279 g/mol. The maximum absolute atomic E-state index is 11.9. The van der Waals surface area contributed by atoms with E-state index in [1.165, 1.54) is 6.07 Å². The lowest BCUT2D eigenvalue weighted by molar-refractivity contribution is -0.0327. The molecule has 0 aromatic carbocycles. The average Bonchev–Trinajstić information content (AvgIpc) is 3.06. The van der Waals surface area contributed by atoms with Gasteiger partial charge in [-0.15, -0.1) is 0 Å². The summed E-state index contributed by atoms with van der Waals surface area (Å²) in [7, 11) is 0. The number of hydrogen-bond acceptors (Lipinski definition) is 4. The molecule has 1 aromatic rings. The smallest absolute Gasteiger partial charge is 0.369 e. The van der Waals surface area contributed by atoms with Crippen molar-refractivity contribution >= 4 is 17.6 Å². The van der Waals surface area contributed by atoms with E-state index in [1.807, 2.05) is 0 Å². The molecule has 0 radical (unpaired) electrons. The van der Waals surface area contributed by atoms with Crippen LogP contribution in [0.15, 0.2) is 10.9 Å². The Balaban J connectivity index is 1.87. The summed E-state index contributed by atoms with van der Waals surface area (Å²) >= 11 is -0.0964. The summed E-state index contributed by atoms with van der Waals surface area (Å²) < 4.78 is 35.7. The van der Waals surface area contributed by atoms with Crippen LogP contribution in [0.2, 0.25) is 0 Å². The lowest BCUT2D eigenvalue weighted by Crippen LogP contribution is -2.15. The highest BCUT2D eigenvalue weighted by Crippen LogP contribution is 2.37. The molecule has 0 atom stereocenters. The monoisotopic (exact) mass is 279 g/mol. The second-order valence-corrected chi connectivity index (χ2v) is 5.17. The molecule has 0 unspecified atom stereocenters. The number of nitrogens with one attached hydrogen (secondary N) is 2. The number of aromatic nitrogens is 2. The zero-order valence-corrected chi connectivity index (χ0v) is 10.2. The number of rotatable bonds is 5. The van der Waals surface area contributed by atoms with Gasteiger partial charge in [-0.1, -0.05) is 0 Å². The van der Waals surface area contributed by atoms with Crippen molar-refractivity contribution in [3.8, 4) is 0 Å². The van der Waals surface area contributed by atoms with Crippen LogP contribution < -0.4 is 10.9 Å². The maximum Gasteiger partial charge on any atom is 0.441 e. The molecule has 1 heterocycles. The van der Waals surface area contributed by atoms with Crippen LogP contribution in [0.5, 0.6) is 0 Å². The highest BCUT2D eigenvalue weighted by molar-refractivity contribution is 8.00. The van der Waals surface area contributed by atoms with Crippen molar-refractivity contribution in [1.29, 1.82) is 0 Å². The fourth-order valence-electron chi connectivity index (χ4n) is 1.46. The Morgan fingerprint density at radius 3 is 2.83 bits per heavy atom. The molecule has 2 N–H and O–H groups in total. The summed E-state index contributed by atoms with van der Waals surface area (Å²) in [6.07, 6.45) is 1.99. The molecule has 4 nitrogen and oxygen atoms in total. The Kier molecular flexibility index (Phi) is 3.84. The molecule has 0 bridgehead atoms. The van der Waals surface area contributed by atoms with E-state index in [4.69, 9.17) is 0 Å². The first kappa shape index (κ1) is 13.3. The molecule has 0 saturated heterocycles. The van der Waals surface area contributed by atoms with Crippen LogP contribution in [0.4, 0.5) is 19.0 Å². The molecule has 8 heteroatoms. The van der Waals surface area contributed by atoms with Gasteiger partial charge in [-0.3, -0.25) is 4.79 Å². The Bertz CT molecular complexity index is 470. The van der Waals surface area contributed by atoms with Crippen LogP contribution in [0.1, 0.15) is 24.6 Å². The Hall–Kier alpha value is -1.18. The van der Waals surface area contributed by atoms with Crippen LogP contribution in [0.3, 0.4) is 0 Å². The third kappa shape index (κ3) is 4.25. The van der Waals surface area contributed by atoms with Crippen LogP contribution in [0.25, 0.3) is 0 Å². The summed E-state index contributed by atoms with van der Waals surface area (Å²) in [5.74, 6) is 1.14. The van der Waals surface area contributed by atoms with Gasteiger partial charge in [0.05, 0.1) is 0 Å². The van der Waals surface area contributed by atoms with Crippen molar-refractivity contribution in [1.82, 2.24) is 9.97 Å². The van der Waals surface area contributed by atoms with Gasteiger partial charge in [-0.05, 0) is 24.6 Å². The highest BCUT2D eigenvalue weighted by atomic mass is 32.2. The van der Waals surface area contributed by atoms with Crippen molar-refractivity contribution in [2.75, 3.05) is 17.6 Å². The molecule has 1 fully saturated rings. The number of alkyl halides is 3. The van der Waals surface area contributed by atoms with Crippen LogP contribution >= 0.6 is 11.8 Å². The van der Waals surface area contributed by atoms with Crippen molar-refractivity contribution in [2.24, 2.45) is 0 Å². The second-order valence-electron chi connectivity index (χ2n) is 4.01. The SMILES string of the molecule is O=c1cc(NCCSC(F)(F)F)nc(C2CC2)[nH]1. The summed E-state index contributed by atoms with van der Waals surface area (Å²) in [4.78, 5) is 18.1. The van der Waals surface area contributed by atoms with Crippen molar-refractivity contribution in [3.05, 3.63) is 22.2 Å². The number of H-pyrrole nitrogens is 1. The van der Waals surface area contributed by atoms with Gasteiger partial charge in [0.1, 0.15) is 11.6 Å². The first-order valence-electron chi connectivity index (χ1n) is 5.50. The van der Waals surface area contributed by atoms with Crippen molar-refractivity contribution in [3.63, 3.8) is 0 Å². The lowest BCUT2D eigenvalue weighted by Gasteiger charge is -2.08. The van der Waals surface area contributed by atoms with Gasteiger partial charge in [-0.25, -0.2) is 4.98 Å². The first-order chi connectivity index (χ1) is 8.44. The maximum atomic E-state index is 11.9. The van der Waals surface area contributed by atoms with Gasteiger partial charge in [0.25, 0.3) is 5.56 Å². The van der Waals surface area contributed by atoms with Crippen LogP contribution in [0, 0.1) is 0 Å². The number of nitrogens with zero attached hydrogens (tertiary/aromatic N) is 1. The van der Waals surface area contributed by atoms with Gasteiger partial charge >= 0.3 is 5.51 Å². The summed E-state index contributed by atoms with van der Waals surface area (Å²) in [5.41, 5.74) is -4.50. The number of anilines is 1. The van der Waals surface area contributed by atoms with Crippen LogP contribution in [-0.2, 0) is 0 Å². The fourth-order valence-corrected chi connectivity index (χ4v) is 1.90. The van der Waals surface area contributed by atoms with E-state index in [2.05, 4.69) is 15.3 Å². The molecule has 0 spiro atoms. The second kappa shape index (κ2) is 5.21. The number of aromatic amines is 1. The number of hydrogen-bond donors (Lipinski definition) is 2. The molecule has 1 aliphatic rings. The minimum atomic E-state index is -4.22. The molecule has 100 valence electrons. The zero-order chi connectivity index (χ0) is 13.2. The van der Waals surface area contributed by atoms with Crippen molar-refractivity contribution in [2.45, 2.75) is 24.3 Å². The van der Waals surface area contributed by atoms with Crippen LogP contribution in [-0.4, -0.2) is 27.8 Å². The van der Waals surface area contributed by atoms with Gasteiger partial charge in [-0.2, -0.15) is 13.2 Å². The topological polar surface area (TPSA) is 57.8 Å². The number of thioether (sulfide) groups is 1. The fraction of sp³-hybridized carbons (Fsp3) is 0.600. The molecule has 0 amide bonds. The molecule has 1 saturated carbocycles. The van der Waals surface area contributed by atoms with Gasteiger partial charge < -0.3 is 10.3 Å². The third-order valence-corrected chi connectivity index (χ3v) is 3.13. The standard InChI is InChI=1S/C10H12F3N3OS/c11-10(12,13)18-4-3-14-7-5-8(17)16-9(15-7)6-1-2-6/h5-6H,1-4H2,(H2,14,15,16,17). The Morgan fingerprint density at radius 1 is 1.50 bits per heavy atom. The summed E-state index contributed by atoms with van der Waals surface area (Å²) in [6, 6.07) is 1.25. The molecule has 1 aliphatic carbocycles. The Labute approximate surface area is 105 Å². The molecular formula is C10H12F3N3OS. The van der Waals surface area contributed by atoms with E-state index in [-0.39, 0.29) is 29.6 Å². The van der Waals surface area contributed by atoms with Crippen molar-refractivity contribution < 1.29 is 13.2 Å². The quantitative estimate of drug-likeness (QED) is 0.812. The molecule has 2 rings (SSSR count). The van der Waals surface area contributed by atoms with E-state index in [9.17, 15) is 18.0 Å². The molecular weight excluding hydrogens is 267 g/mol. The highest BCUT2D eigenvalue weighted by Gasteiger charge is 2.28. The molecule has 0 aliphatic heterocycles. The summed E-state index contributed by atoms with van der Waals surface area (Å²) in [5, 5.41) is 2.73. The third-order valence-electron chi connectivity index (χ3n) is 2.40. The number of halogens is 3. The molecule has 1 aromatic heterocycles. The molecule has 18 heavy (non-hydrogen) atoms. The first-order valence-corrected chi connectivity index (χ1v) is 6.48.